The molecule has 0 aliphatic rings. The standard InChI is InChI=1S/C12H11BrN4O/c1-8-6-11(18)16-12(15-8)17-14-7-9-2-4-10(13)5-3-9/h2-7H,1H3,(H2,15,16,17,18). The average molecular weight is 307 g/mol. The normalized spacial score (nSPS) is 10.8. The van der Waals surface area contributed by atoms with Gasteiger partial charge in [0.25, 0.3) is 5.56 Å². The first kappa shape index (κ1) is 12.5. The molecule has 2 aromatic rings. The van der Waals surface area contributed by atoms with Crippen LogP contribution in [0.25, 0.3) is 0 Å². The molecule has 2 N–H and O–H groups in total. The summed E-state index contributed by atoms with van der Waals surface area (Å²) in [6.45, 7) is 1.75. The molecule has 0 saturated heterocycles. The van der Waals surface area contributed by atoms with E-state index in [1.807, 2.05) is 24.3 Å². The van der Waals surface area contributed by atoms with Gasteiger partial charge in [-0.1, -0.05) is 28.1 Å². The Morgan fingerprint density at radius 1 is 1.39 bits per heavy atom. The number of hydrogen-bond donors (Lipinski definition) is 2. The summed E-state index contributed by atoms with van der Waals surface area (Å²) in [6.07, 6.45) is 1.65. The van der Waals surface area contributed by atoms with Gasteiger partial charge in [0, 0.05) is 16.2 Å². The lowest BCUT2D eigenvalue weighted by Crippen LogP contribution is -2.10. The molecule has 0 aliphatic carbocycles. The first-order chi connectivity index (χ1) is 8.63. The van der Waals surface area contributed by atoms with Gasteiger partial charge in [-0.15, -0.1) is 0 Å². The van der Waals surface area contributed by atoms with Crippen LogP contribution in [0.4, 0.5) is 5.95 Å². The lowest BCUT2D eigenvalue weighted by atomic mass is 10.2. The molecule has 0 unspecified atom stereocenters. The van der Waals surface area contributed by atoms with Crippen LogP contribution in [0, 0.1) is 6.92 Å². The molecule has 0 saturated carbocycles. The highest BCUT2D eigenvalue weighted by Gasteiger charge is 1.95. The van der Waals surface area contributed by atoms with Crippen molar-refractivity contribution < 1.29 is 0 Å². The van der Waals surface area contributed by atoms with E-state index < -0.39 is 0 Å². The Morgan fingerprint density at radius 3 is 2.78 bits per heavy atom. The van der Waals surface area contributed by atoms with E-state index >= 15 is 0 Å². The van der Waals surface area contributed by atoms with E-state index in [9.17, 15) is 4.79 Å². The number of aromatic amines is 1. The van der Waals surface area contributed by atoms with Crippen LogP contribution in [0.15, 0.2) is 44.7 Å². The minimum absolute atomic E-state index is 0.205. The molecule has 92 valence electrons. The second kappa shape index (κ2) is 5.59. The van der Waals surface area contributed by atoms with Gasteiger partial charge in [-0.25, -0.2) is 10.4 Å². The van der Waals surface area contributed by atoms with Gasteiger partial charge < -0.3 is 0 Å². The number of hydrazone groups is 1. The summed E-state index contributed by atoms with van der Waals surface area (Å²) in [5.41, 5.74) is 4.06. The Labute approximate surface area is 112 Å². The van der Waals surface area contributed by atoms with Gasteiger partial charge in [-0.3, -0.25) is 9.78 Å². The SMILES string of the molecule is Cc1cc(=O)[nH]c(NN=Cc2ccc(Br)cc2)n1. The first-order valence-corrected chi connectivity index (χ1v) is 6.05. The van der Waals surface area contributed by atoms with Crippen molar-refractivity contribution in [2.24, 2.45) is 5.10 Å². The van der Waals surface area contributed by atoms with Crippen LogP contribution in [0.1, 0.15) is 11.3 Å². The molecule has 0 aliphatic heterocycles. The molecular formula is C12H11BrN4O. The number of aryl methyl sites for hydroxylation is 1. The molecule has 0 atom stereocenters. The van der Waals surface area contributed by atoms with Crippen molar-refractivity contribution in [2.75, 3.05) is 5.43 Å². The van der Waals surface area contributed by atoms with Crippen LogP contribution in [-0.2, 0) is 0 Å². The number of hydrogen-bond acceptors (Lipinski definition) is 4. The van der Waals surface area contributed by atoms with Gasteiger partial charge in [-0.05, 0) is 24.6 Å². The number of H-pyrrole nitrogens is 1. The van der Waals surface area contributed by atoms with E-state index in [2.05, 4.69) is 36.4 Å². The molecule has 5 nitrogen and oxygen atoms in total. The van der Waals surface area contributed by atoms with E-state index in [0.29, 0.717) is 11.6 Å². The summed E-state index contributed by atoms with van der Waals surface area (Å²) in [4.78, 5) is 17.8. The van der Waals surface area contributed by atoms with E-state index in [4.69, 9.17) is 0 Å². The number of aromatic nitrogens is 2. The summed E-state index contributed by atoms with van der Waals surface area (Å²) in [5, 5.41) is 4.00. The van der Waals surface area contributed by atoms with Gasteiger partial charge in [0.15, 0.2) is 0 Å². The Bertz CT molecular complexity index is 619. The lowest BCUT2D eigenvalue weighted by molar-refractivity contribution is 1.04. The summed E-state index contributed by atoms with van der Waals surface area (Å²) in [6, 6.07) is 9.11. The highest BCUT2D eigenvalue weighted by Crippen LogP contribution is 2.09. The number of benzene rings is 1. The Morgan fingerprint density at radius 2 is 2.11 bits per heavy atom. The first-order valence-electron chi connectivity index (χ1n) is 5.26. The van der Waals surface area contributed by atoms with Crippen LogP contribution in [-0.4, -0.2) is 16.2 Å². The zero-order chi connectivity index (χ0) is 13.0. The fraction of sp³-hybridized carbons (Fsp3) is 0.0833. The predicted molar refractivity (Wildman–Crippen MR) is 75.0 cm³/mol. The molecule has 0 radical (unpaired) electrons. The molecule has 0 fully saturated rings. The zero-order valence-corrected chi connectivity index (χ0v) is 11.2. The minimum Gasteiger partial charge on any atom is -0.291 e. The molecule has 6 heteroatoms. The summed E-state index contributed by atoms with van der Waals surface area (Å²) in [7, 11) is 0. The average Bonchev–Trinajstić information content (AvgIpc) is 2.30. The lowest BCUT2D eigenvalue weighted by Gasteiger charge is -1.99. The summed E-state index contributed by atoms with van der Waals surface area (Å²) in [5.74, 6) is 0.327. The van der Waals surface area contributed by atoms with Gasteiger partial charge in [0.05, 0.1) is 6.21 Å². The van der Waals surface area contributed by atoms with Gasteiger partial charge >= 0.3 is 0 Å². The Hall–Kier alpha value is -1.95. The maximum absolute atomic E-state index is 11.2. The molecular weight excluding hydrogens is 296 g/mol. The van der Waals surface area contributed by atoms with E-state index in [1.54, 1.807) is 13.1 Å². The number of halogens is 1. The number of nitrogens with zero attached hydrogens (tertiary/aromatic N) is 2. The molecule has 1 aromatic carbocycles. The zero-order valence-electron chi connectivity index (χ0n) is 9.64. The maximum Gasteiger partial charge on any atom is 0.252 e. The van der Waals surface area contributed by atoms with Crippen LogP contribution < -0.4 is 11.0 Å². The van der Waals surface area contributed by atoms with Gasteiger partial charge in [0.1, 0.15) is 0 Å². The van der Waals surface area contributed by atoms with Crippen molar-refractivity contribution in [1.82, 2.24) is 9.97 Å². The molecule has 0 amide bonds. The molecule has 1 heterocycles. The van der Waals surface area contributed by atoms with Crippen molar-refractivity contribution in [2.45, 2.75) is 6.92 Å². The molecule has 18 heavy (non-hydrogen) atoms. The van der Waals surface area contributed by atoms with Crippen molar-refractivity contribution in [3.05, 3.63) is 56.4 Å². The van der Waals surface area contributed by atoms with Crippen LogP contribution in [0.5, 0.6) is 0 Å². The molecule has 1 aromatic heterocycles. The highest BCUT2D eigenvalue weighted by molar-refractivity contribution is 9.10. The maximum atomic E-state index is 11.2. The fourth-order valence-corrected chi connectivity index (χ4v) is 1.61. The smallest absolute Gasteiger partial charge is 0.252 e. The van der Waals surface area contributed by atoms with E-state index in [1.165, 1.54) is 6.07 Å². The summed E-state index contributed by atoms with van der Waals surface area (Å²) >= 11 is 3.36. The topological polar surface area (TPSA) is 70.1 Å². The Kier molecular flexibility index (Phi) is 3.88. The van der Waals surface area contributed by atoms with Crippen molar-refractivity contribution >= 4 is 28.1 Å². The van der Waals surface area contributed by atoms with E-state index in [0.717, 1.165) is 10.0 Å². The third-order valence-corrected chi connectivity index (χ3v) is 2.65. The van der Waals surface area contributed by atoms with Gasteiger partial charge in [0.2, 0.25) is 5.95 Å². The molecule has 2 rings (SSSR count). The molecule has 0 bridgehead atoms. The second-order valence-electron chi connectivity index (χ2n) is 3.66. The van der Waals surface area contributed by atoms with Crippen molar-refractivity contribution in [3.63, 3.8) is 0 Å². The largest absolute Gasteiger partial charge is 0.291 e. The monoisotopic (exact) mass is 306 g/mol. The van der Waals surface area contributed by atoms with Crippen LogP contribution in [0.2, 0.25) is 0 Å². The van der Waals surface area contributed by atoms with Crippen molar-refractivity contribution in [1.29, 1.82) is 0 Å². The quantitative estimate of drug-likeness (QED) is 0.675. The summed E-state index contributed by atoms with van der Waals surface area (Å²) < 4.78 is 1.01. The number of nitrogens with one attached hydrogen (secondary N) is 2. The van der Waals surface area contributed by atoms with Crippen molar-refractivity contribution in [3.8, 4) is 0 Å². The van der Waals surface area contributed by atoms with Gasteiger partial charge in [-0.2, -0.15) is 5.10 Å². The second-order valence-corrected chi connectivity index (χ2v) is 4.57. The minimum atomic E-state index is -0.205. The third kappa shape index (κ3) is 3.53. The molecule has 0 spiro atoms. The number of rotatable bonds is 3. The van der Waals surface area contributed by atoms with Crippen LogP contribution in [0.3, 0.4) is 0 Å². The highest BCUT2D eigenvalue weighted by atomic mass is 79.9. The fourth-order valence-electron chi connectivity index (χ4n) is 1.35. The van der Waals surface area contributed by atoms with E-state index in [-0.39, 0.29) is 5.56 Å². The predicted octanol–water partition coefficient (Wildman–Crippen LogP) is 2.29. The third-order valence-electron chi connectivity index (χ3n) is 2.12. The Balaban J connectivity index is 2.07. The van der Waals surface area contributed by atoms with Crippen LogP contribution >= 0.6 is 15.9 Å². The number of anilines is 1.